The Labute approximate surface area is 145 Å². The number of hydrogen-bond acceptors (Lipinski definition) is 7. The first-order chi connectivity index (χ1) is 12.2. The van der Waals surface area contributed by atoms with E-state index in [1.165, 1.54) is 4.80 Å². The Kier molecular flexibility index (Phi) is 7.36. The lowest BCUT2D eigenvalue weighted by molar-refractivity contribution is -0.143. The van der Waals surface area contributed by atoms with Crippen LogP contribution in [0.25, 0.3) is 11.4 Å². The van der Waals surface area contributed by atoms with Gasteiger partial charge in [0.1, 0.15) is 0 Å². The van der Waals surface area contributed by atoms with E-state index < -0.39 is 6.09 Å². The number of carbonyl (C=O) groups excluding carboxylic acids is 2. The van der Waals surface area contributed by atoms with Gasteiger partial charge in [0.15, 0.2) is 0 Å². The number of carbonyl (C=O) groups is 2. The highest BCUT2D eigenvalue weighted by Crippen LogP contribution is 2.11. The smallest absolute Gasteiger partial charge is 0.407 e. The highest BCUT2D eigenvalue weighted by Gasteiger charge is 2.07. The van der Waals surface area contributed by atoms with Crippen molar-refractivity contribution in [2.45, 2.75) is 26.3 Å². The molecule has 0 aliphatic rings. The molecule has 9 nitrogen and oxygen atoms in total. The molecule has 0 radical (unpaired) electrons. The third-order valence-electron chi connectivity index (χ3n) is 3.12. The van der Waals surface area contributed by atoms with Crippen molar-refractivity contribution in [3.05, 3.63) is 30.3 Å². The van der Waals surface area contributed by atoms with Gasteiger partial charge in [-0.05, 0) is 12.1 Å². The first-order valence-electron chi connectivity index (χ1n) is 8.08. The average molecular weight is 347 g/mol. The molecule has 0 saturated heterocycles. The molecule has 0 bridgehead atoms. The number of alkyl carbamates (subject to hydrolysis) is 1. The van der Waals surface area contributed by atoms with E-state index >= 15 is 0 Å². The number of ether oxygens (including phenoxy) is 2. The summed E-state index contributed by atoms with van der Waals surface area (Å²) in [6.45, 7) is 2.93. The monoisotopic (exact) mass is 347 g/mol. The van der Waals surface area contributed by atoms with Crippen molar-refractivity contribution in [1.29, 1.82) is 0 Å². The zero-order valence-electron chi connectivity index (χ0n) is 14.1. The minimum Gasteiger partial charge on any atom is -0.466 e. The number of aromatic nitrogens is 4. The second-order valence-corrected chi connectivity index (χ2v) is 5.05. The minimum absolute atomic E-state index is 0.0958. The molecule has 1 aromatic heterocycles. The molecule has 1 heterocycles. The molecule has 0 unspecified atom stereocenters. The van der Waals surface area contributed by atoms with Gasteiger partial charge in [-0.15, -0.1) is 10.2 Å². The SMILES string of the molecule is CCOC(=O)NCCC(=O)OCCCn1nnc(-c2ccccc2)n1. The number of amides is 1. The quantitative estimate of drug-likeness (QED) is 0.539. The minimum atomic E-state index is -0.540. The molecule has 0 spiro atoms. The maximum absolute atomic E-state index is 11.5. The number of nitrogens with one attached hydrogen (secondary N) is 1. The van der Waals surface area contributed by atoms with Crippen LogP contribution in [0.2, 0.25) is 0 Å². The van der Waals surface area contributed by atoms with Gasteiger partial charge in [0, 0.05) is 18.5 Å². The number of benzene rings is 1. The molecule has 0 fully saturated rings. The summed E-state index contributed by atoms with van der Waals surface area (Å²) in [5.74, 6) is 0.177. The summed E-state index contributed by atoms with van der Waals surface area (Å²) >= 11 is 0. The summed E-state index contributed by atoms with van der Waals surface area (Å²) in [4.78, 5) is 24.0. The summed E-state index contributed by atoms with van der Waals surface area (Å²) in [6, 6.07) is 9.56. The first kappa shape index (κ1) is 18.4. The topological polar surface area (TPSA) is 108 Å². The Morgan fingerprint density at radius 1 is 1.20 bits per heavy atom. The van der Waals surface area contributed by atoms with Crippen LogP contribution in [0, 0.1) is 0 Å². The van der Waals surface area contributed by atoms with E-state index in [9.17, 15) is 9.59 Å². The van der Waals surface area contributed by atoms with Crippen molar-refractivity contribution in [3.8, 4) is 11.4 Å². The zero-order chi connectivity index (χ0) is 17.9. The molecule has 2 aromatic rings. The highest BCUT2D eigenvalue weighted by molar-refractivity contribution is 5.71. The van der Waals surface area contributed by atoms with Crippen molar-refractivity contribution in [1.82, 2.24) is 25.5 Å². The molecule has 2 rings (SSSR count). The molecule has 1 amide bonds. The van der Waals surface area contributed by atoms with E-state index in [1.807, 2.05) is 30.3 Å². The van der Waals surface area contributed by atoms with Crippen molar-refractivity contribution < 1.29 is 19.1 Å². The Hall–Kier alpha value is -2.97. The maximum Gasteiger partial charge on any atom is 0.407 e. The lowest BCUT2D eigenvalue weighted by atomic mass is 10.2. The number of esters is 1. The van der Waals surface area contributed by atoms with Gasteiger partial charge in [-0.2, -0.15) is 4.80 Å². The van der Waals surface area contributed by atoms with Crippen LogP contribution in [0.3, 0.4) is 0 Å². The van der Waals surface area contributed by atoms with E-state index in [1.54, 1.807) is 6.92 Å². The normalized spacial score (nSPS) is 10.3. The van der Waals surface area contributed by atoms with Gasteiger partial charge < -0.3 is 14.8 Å². The lowest BCUT2D eigenvalue weighted by Crippen LogP contribution is -2.27. The van der Waals surface area contributed by atoms with Crippen LogP contribution in [0.5, 0.6) is 0 Å². The summed E-state index contributed by atoms with van der Waals surface area (Å²) in [7, 11) is 0. The molecule has 0 saturated carbocycles. The third-order valence-corrected chi connectivity index (χ3v) is 3.12. The van der Waals surface area contributed by atoms with Gasteiger partial charge in [0.25, 0.3) is 0 Å². The van der Waals surface area contributed by atoms with Gasteiger partial charge in [0.2, 0.25) is 5.82 Å². The molecule has 0 aliphatic heterocycles. The van der Waals surface area contributed by atoms with Gasteiger partial charge in [-0.25, -0.2) is 4.79 Å². The molecule has 25 heavy (non-hydrogen) atoms. The van der Waals surface area contributed by atoms with Crippen molar-refractivity contribution in [2.75, 3.05) is 19.8 Å². The van der Waals surface area contributed by atoms with E-state index in [2.05, 4.69) is 25.5 Å². The molecular weight excluding hydrogens is 326 g/mol. The maximum atomic E-state index is 11.5. The summed E-state index contributed by atoms with van der Waals surface area (Å²) < 4.78 is 9.76. The summed E-state index contributed by atoms with van der Waals surface area (Å²) in [5.41, 5.74) is 0.897. The first-order valence-corrected chi connectivity index (χ1v) is 8.08. The fraction of sp³-hybridized carbons (Fsp3) is 0.438. The van der Waals surface area contributed by atoms with Gasteiger partial charge >= 0.3 is 12.1 Å². The fourth-order valence-corrected chi connectivity index (χ4v) is 1.95. The van der Waals surface area contributed by atoms with Crippen molar-refractivity contribution in [3.63, 3.8) is 0 Å². The number of tetrazole rings is 1. The van der Waals surface area contributed by atoms with Crippen LogP contribution < -0.4 is 5.32 Å². The van der Waals surface area contributed by atoms with Crippen LogP contribution in [0.15, 0.2) is 30.3 Å². The van der Waals surface area contributed by atoms with Gasteiger partial charge in [0.05, 0.1) is 26.2 Å². The summed E-state index contributed by atoms with van der Waals surface area (Å²) in [5, 5.41) is 14.7. The van der Waals surface area contributed by atoms with Crippen LogP contribution in [-0.2, 0) is 20.8 Å². The number of rotatable bonds is 9. The Balaban J connectivity index is 1.61. The average Bonchev–Trinajstić information content (AvgIpc) is 3.09. The van der Waals surface area contributed by atoms with Gasteiger partial charge in [-0.3, -0.25) is 4.79 Å². The van der Waals surface area contributed by atoms with E-state index in [0.29, 0.717) is 25.4 Å². The lowest BCUT2D eigenvalue weighted by Gasteiger charge is -2.06. The van der Waals surface area contributed by atoms with Crippen molar-refractivity contribution in [2.24, 2.45) is 0 Å². The number of aryl methyl sites for hydroxylation is 1. The number of hydrogen-bond donors (Lipinski definition) is 1. The molecular formula is C16H21N5O4. The van der Waals surface area contributed by atoms with E-state index in [0.717, 1.165) is 5.56 Å². The standard InChI is InChI=1S/C16H21N5O4/c1-2-24-16(23)17-10-9-14(22)25-12-6-11-21-19-15(18-20-21)13-7-4-3-5-8-13/h3-5,7-8H,2,6,9-12H2,1H3,(H,17,23). The van der Waals surface area contributed by atoms with E-state index in [-0.39, 0.29) is 25.5 Å². The molecule has 1 N–H and O–H groups in total. The molecule has 134 valence electrons. The fourth-order valence-electron chi connectivity index (χ4n) is 1.95. The van der Waals surface area contributed by atoms with Crippen LogP contribution >= 0.6 is 0 Å². The third kappa shape index (κ3) is 6.58. The van der Waals surface area contributed by atoms with Crippen LogP contribution in [0.1, 0.15) is 19.8 Å². The van der Waals surface area contributed by atoms with Crippen LogP contribution in [-0.4, -0.2) is 52.0 Å². The predicted molar refractivity (Wildman–Crippen MR) is 88.5 cm³/mol. The van der Waals surface area contributed by atoms with E-state index in [4.69, 9.17) is 4.74 Å². The predicted octanol–water partition coefficient (Wildman–Crippen LogP) is 1.41. The molecule has 0 atom stereocenters. The Bertz CT molecular complexity index is 674. The Morgan fingerprint density at radius 3 is 2.76 bits per heavy atom. The summed E-state index contributed by atoms with van der Waals surface area (Å²) in [6.07, 6.45) is 0.127. The van der Waals surface area contributed by atoms with Crippen LogP contribution in [0.4, 0.5) is 4.79 Å². The largest absolute Gasteiger partial charge is 0.466 e. The highest BCUT2D eigenvalue weighted by atomic mass is 16.5. The van der Waals surface area contributed by atoms with Gasteiger partial charge in [-0.1, -0.05) is 30.3 Å². The molecule has 1 aromatic carbocycles. The molecule has 0 aliphatic carbocycles. The number of nitrogens with zero attached hydrogens (tertiary/aromatic N) is 4. The molecule has 9 heteroatoms. The second-order valence-electron chi connectivity index (χ2n) is 5.05. The zero-order valence-corrected chi connectivity index (χ0v) is 14.1. The Morgan fingerprint density at radius 2 is 2.00 bits per heavy atom. The van der Waals surface area contributed by atoms with Crippen molar-refractivity contribution >= 4 is 12.1 Å². The second kappa shape index (κ2) is 10.0.